The second-order valence-electron chi connectivity index (χ2n) is 7.98. The zero-order valence-electron chi connectivity index (χ0n) is 17.3. The van der Waals surface area contributed by atoms with Crippen LogP contribution in [-0.4, -0.2) is 65.6 Å². The minimum Gasteiger partial charge on any atom is -0.493 e. The fraction of sp³-hybridized carbons (Fsp3) is 0.348. The molecule has 0 bridgehead atoms. The van der Waals surface area contributed by atoms with Crippen molar-refractivity contribution < 1.29 is 4.74 Å². The van der Waals surface area contributed by atoms with E-state index in [9.17, 15) is 0 Å². The Labute approximate surface area is 180 Å². The topological polar surface area (TPSA) is 59.0 Å². The van der Waals surface area contributed by atoms with Gasteiger partial charge in [-0.25, -0.2) is 4.98 Å². The molecule has 7 heteroatoms. The van der Waals surface area contributed by atoms with E-state index in [-0.39, 0.29) is 0 Å². The van der Waals surface area contributed by atoms with Gasteiger partial charge in [0.1, 0.15) is 5.75 Å². The van der Waals surface area contributed by atoms with Crippen LogP contribution in [0.2, 0.25) is 0 Å². The highest BCUT2D eigenvalue weighted by Gasteiger charge is 2.13. The van der Waals surface area contributed by atoms with Crippen molar-refractivity contribution in [2.45, 2.75) is 6.42 Å². The van der Waals surface area contributed by atoms with Gasteiger partial charge in [0.05, 0.1) is 22.5 Å². The molecule has 6 nitrogen and oxygen atoms in total. The third kappa shape index (κ3) is 4.01. The molecule has 30 heavy (non-hydrogen) atoms. The van der Waals surface area contributed by atoms with E-state index in [0.29, 0.717) is 0 Å². The van der Waals surface area contributed by atoms with Crippen molar-refractivity contribution in [3.8, 4) is 17.0 Å². The quantitative estimate of drug-likeness (QED) is 0.379. The molecule has 2 N–H and O–H groups in total. The van der Waals surface area contributed by atoms with Gasteiger partial charge in [-0.1, -0.05) is 23.5 Å². The van der Waals surface area contributed by atoms with Crippen LogP contribution in [0.5, 0.6) is 5.75 Å². The van der Waals surface area contributed by atoms with Gasteiger partial charge >= 0.3 is 0 Å². The minimum absolute atomic E-state index is 0.752. The van der Waals surface area contributed by atoms with Gasteiger partial charge in [0.25, 0.3) is 0 Å². The molecule has 0 radical (unpaired) electrons. The van der Waals surface area contributed by atoms with E-state index < -0.39 is 0 Å². The van der Waals surface area contributed by atoms with Crippen molar-refractivity contribution >= 4 is 32.2 Å². The van der Waals surface area contributed by atoms with Crippen molar-refractivity contribution in [3.05, 3.63) is 48.7 Å². The number of nitrogen functional groups attached to an aromatic ring is 1. The molecule has 0 saturated carbocycles. The fourth-order valence-corrected chi connectivity index (χ4v) is 4.95. The van der Waals surface area contributed by atoms with E-state index in [0.717, 1.165) is 78.9 Å². The maximum Gasteiger partial charge on any atom is 0.195 e. The van der Waals surface area contributed by atoms with E-state index in [4.69, 9.17) is 15.5 Å². The van der Waals surface area contributed by atoms with Crippen LogP contribution < -0.4 is 10.5 Å². The Bertz CT molecular complexity index is 1140. The third-order valence-electron chi connectivity index (χ3n) is 5.76. The van der Waals surface area contributed by atoms with Gasteiger partial charge < -0.3 is 20.3 Å². The molecule has 0 unspecified atom stereocenters. The molecular weight excluding hydrogens is 394 g/mol. The Kier molecular flexibility index (Phi) is 5.33. The number of hydrogen-bond donors (Lipinski definition) is 1. The summed E-state index contributed by atoms with van der Waals surface area (Å²) in [6.07, 6.45) is 3.15. The number of aromatic nitrogens is 2. The number of nitrogens with zero attached hydrogens (tertiary/aromatic N) is 4. The summed E-state index contributed by atoms with van der Waals surface area (Å²) in [7, 11) is 2.19. The average molecular weight is 422 g/mol. The maximum atomic E-state index is 6.03. The van der Waals surface area contributed by atoms with Crippen LogP contribution in [0.15, 0.2) is 48.7 Å². The third-order valence-corrected chi connectivity index (χ3v) is 6.77. The second-order valence-corrected chi connectivity index (χ2v) is 8.99. The zero-order chi connectivity index (χ0) is 20.5. The summed E-state index contributed by atoms with van der Waals surface area (Å²) in [6, 6.07) is 14.2. The van der Waals surface area contributed by atoms with Crippen molar-refractivity contribution in [2.75, 3.05) is 52.1 Å². The summed E-state index contributed by atoms with van der Waals surface area (Å²) in [5.41, 5.74) is 9.76. The molecule has 2 aromatic carbocycles. The highest BCUT2D eigenvalue weighted by molar-refractivity contribution is 7.23. The number of imidazole rings is 1. The van der Waals surface area contributed by atoms with Crippen molar-refractivity contribution in [1.29, 1.82) is 0 Å². The molecule has 1 aliphatic rings. The molecule has 0 atom stereocenters. The van der Waals surface area contributed by atoms with Gasteiger partial charge in [-0.3, -0.25) is 4.40 Å². The molecule has 1 fully saturated rings. The van der Waals surface area contributed by atoms with E-state index in [1.165, 1.54) is 4.70 Å². The van der Waals surface area contributed by atoms with Gasteiger partial charge in [0.2, 0.25) is 0 Å². The van der Waals surface area contributed by atoms with Gasteiger partial charge in [-0.2, -0.15) is 0 Å². The van der Waals surface area contributed by atoms with E-state index >= 15 is 0 Å². The van der Waals surface area contributed by atoms with Gasteiger partial charge in [-0.05, 0) is 43.8 Å². The normalized spacial score (nSPS) is 15.9. The summed E-state index contributed by atoms with van der Waals surface area (Å²) < 4.78 is 9.38. The van der Waals surface area contributed by atoms with Gasteiger partial charge in [0, 0.05) is 50.2 Å². The summed E-state index contributed by atoms with van der Waals surface area (Å²) in [4.78, 5) is 10.7. The fourth-order valence-electron chi connectivity index (χ4n) is 3.91. The van der Waals surface area contributed by atoms with Crippen molar-refractivity contribution in [3.63, 3.8) is 0 Å². The number of nitrogens with two attached hydrogens (primary N) is 1. The SMILES string of the molecule is CN1CCN(CCCOc2ccc3c(c2)sc2nc(-c4ccc(N)cc4)cn23)CC1. The summed E-state index contributed by atoms with van der Waals surface area (Å²) in [5.74, 6) is 0.934. The average Bonchev–Trinajstić information content (AvgIpc) is 3.31. The number of piperazine rings is 1. The molecule has 1 aliphatic heterocycles. The Hall–Kier alpha value is -2.61. The molecule has 0 spiro atoms. The lowest BCUT2D eigenvalue weighted by Gasteiger charge is -2.32. The first-order valence-corrected chi connectivity index (χ1v) is 11.3. The Morgan fingerprint density at radius 1 is 1.07 bits per heavy atom. The highest BCUT2D eigenvalue weighted by Crippen LogP contribution is 2.32. The predicted molar refractivity (Wildman–Crippen MR) is 124 cm³/mol. The molecule has 0 aliphatic carbocycles. The van der Waals surface area contributed by atoms with Crippen LogP contribution in [0, 0.1) is 0 Å². The lowest BCUT2D eigenvalue weighted by Crippen LogP contribution is -2.44. The van der Waals surface area contributed by atoms with Crippen molar-refractivity contribution in [1.82, 2.24) is 19.2 Å². The minimum atomic E-state index is 0.752. The standard InChI is InChI=1S/C23H27N5OS/c1-26-10-12-27(13-11-26)9-2-14-29-19-7-8-21-22(15-19)30-23-25-20(16-28(21)23)17-3-5-18(24)6-4-17/h3-8,15-16H,2,9-14,24H2,1H3. The number of anilines is 1. The van der Waals surface area contributed by atoms with E-state index in [1.807, 2.05) is 24.3 Å². The molecule has 2 aromatic heterocycles. The zero-order valence-corrected chi connectivity index (χ0v) is 18.1. The monoisotopic (exact) mass is 421 g/mol. The van der Waals surface area contributed by atoms with Crippen LogP contribution in [0.25, 0.3) is 26.4 Å². The number of likely N-dealkylation sites (N-methyl/N-ethyl adjacent to an activating group) is 1. The second kappa shape index (κ2) is 8.26. The Morgan fingerprint density at radius 2 is 1.87 bits per heavy atom. The molecule has 156 valence electrons. The Balaban J connectivity index is 1.24. The van der Waals surface area contributed by atoms with Crippen LogP contribution in [-0.2, 0) is 0 Å². The summed E-state index contributed by atoms with van der Waals surface area (Å²) in [6.45, 7) is 6.51. The highest BCUT2D eigenvalue weighted by atomic mass is 32.1. The van der Waals surface area contributed by atoms with E-state index in [1.54, 1.807) is 11.3 Å². The number of benzene rings is 2. The van der Waals surface area contributed by atoms with Crippen LogP contribution in [0.4, 0.5) is 5.69 Å². The van der Waals surface area contributed by atoms with Gasteiger partial charge in [0.15, 0.2) is 4.96 Å². The number of fused-ring (bicyclic) bond motifs is 3. The smallest absolute Gasteiger partial charge is 0.195 e. The van der Waals surface area contributed by atoms with Crippen LogP contribution in [0.1, 0.15) is 6.42 Å². The first-order valence-electron chi connectivity index (χ1n) is 10.5. The lowest BCUT2D eigenvalue weighted by molar-refractivity contribution is 0.145. The molecule has 3 heterocycles. The molecule has 0 amide bonds. The van der Waals surface area contributed by atoms with E-state index in [2.05, 4.69) is 45.6 Å². The lowest BCUT2D eigenvalue weighted by atomic mass is 10.1. The van der Waals surface area contributed by atoms with Crippen LogP contribution >= 0.6 is 11.3 Å². The predicted octanol–water partition coefficient (Wildman–Crippen LogP) is 3.81. The number of thiazole rings is 1. The first kappa shape index (κ1) is 19.4. The summed E-state index contributed by atoms with van der Waals surface area (Å²) >= 11 is 1.69. The molecule has 1 saturated heterocycles. The number of hydrogen-bond acceptors (Lipinski definition) is 6. The van der Waals surface area contributed by atoms with Crippen molar-refractivity contribution in [2.24, 2.45) is 0 Å². The van der Waals surface area contributed by atoms with Gasteiger partial charge in [-0.15, -0.1) is 0 Å². The largest absolute Gasteiger partial charge is 0.493 e. The maximum absolute atomic E-state index is 6.03. The Morgan fingerprint density at radius 3 is 2.67 bits per heavy atom. The first-order chi connectivity index (χ1) is 14.7. The number of rotatable bonds is 6. The number of ether oxygens (including phenoxy) is 1. The molecular formula is C23H27N5OS. The summed E-state index contributed by atoms with van der Waals surface area (Å²) in [5, 5.41) is 0. The molecule has 4 aromatic rings. The van der Waals surface area contributed by atoms with Crippen LogP contribution in [0.3, 0.4) is 0 Å². The molecule has 5 rings (SSSR count).